The van der Waals surface area contributed by atoms with E-state index in [0.717, 1.165) is 6.04 Å². The first-order valence-electron chi connectivity index (χ1n) is 7.45. The van der Waals surface area contributed by atoms with Gasteiger partial charge in [-0.05, 0) is 47.1 Å². The fourth-order valence-corrected chi connectivity index (χ4v) is 3.05. The van der Waals surface area contributed by atoms with Crippen LogP contribution in [0, 0.1) is 0 Å². The molecule has 4 nitrogen and oxygen atoms in total. The summed E-state index contributed by atoms with van der Waals surface area (Å²) in [6, 6.07) is 0.859. The van der Waals surface area contributed by atoms with Gasteiger partial charge in [-0.3, -0.25) is 9.80 Å². The second-order valence-electron chi connectivity index (χ2n) is 6.22. The largest absolute Gasteiger partial charge is 0.308 e. The van der Waals surface area contributed by atoms with Crippen molar-refractivity contribution >= 4 is 0 Å². The van der Waals surface area contributed by atoms with Crippen LogP contribution in [0.1, 0.15) is 12.8 Å². The first kappa shape index (κ1) is 14.3. The average molecular weight is 254 g/mol. The van der Waals surface area contributed by atoms with E-state index in [-0.39, 0.29) is 0 Å². The van der Waals surface area contributed by atoms with Gasteiger partial charge in [0, 0.05) is 45.3 Å². The Kier molecular flexibility index (Phi) is 5.42. The SMILES string of the molecule is CN(C)CCN1CCN(C2CCN(C)CC2)CC1. The minimum Gasteiger partial charge on any atom is -0.308 e. The summed E-state index contributed by atoms with van der Waals surface area (Å²) in [7, 11) is 6.57. The van der Waals surface area contributed by atoms with Gasteiger partial charge in [0.1, 0.15) is 0 Å². The molecule has 2 fully saturated rings. The van der Waals surface area contributed by atoms with Crippen LogP contribution < -0.4 is 0 Å². The zero-order valence-electron chi connectivity index (χ0n) is 12.4. The lowest BCUT2D eigenvalue weighted by molar-refractivity contribution is 0.0623. The maximum Gasteiger partial charge on any atom is 0.0121 e. The number of likely N-dealkylation sites (tertiary alicyclic amines) is 1. The van der Waals surface area contributed by atoms with Gasteiger partial charge < -0.3 is 9.80 Å². The van der Waals surface area contributed by atoms with Crippen LogP contribution >= 0.6 is 0 Å². The average Bonchev–Trinajstić information content (AvgIpc) is 2.38. The third-order valence-corrected chi connectivity index (χ3v) is 4.47. The first-order valence-corrected chi connectivity index (χ1v) is 7.45. The maximum atomic E-state index is 2.74. The topological polar surface area (TPSA) is 13.0 Å². The Hall–Kier alpha value is -0.160. The van der Waals surface area contributed by atoms with E-state index >= 15 is 0 Å². The summed E-state index contributed by atoms with van der Waals surface area (Å²) >= 11 is 0. The third kappa shape index (κ3) is 4.19. The van der Waals surface area contributed by atoms with Crippen molar-refractivity contribution in [3.05, 3.63) is 0 Å². The molecule has 18 heavy (non-hydrogen) atoms. The number of nitrogens with zero attached hydrogens (tertiary/aromatic N) is 4. The number of hydrogen-bond acceptors (Lipinski definition) is 4. The molecule has 0 aliphatic carbocycles. The van der Waals surface area contributed by atoms with E-state index in [1.165, 1.54) is 65.2 Å². The van der Waals surface area contributed by atoms with Crippen molar-refractivity contribution in [3.8, 4) is 0 Å². The molecule has 0 spiro atoms. The molecule has 0 atom stereocenters. The molecule has 0 amide bonds. The van der Waals surface area contributed by atoms with Crippen LogP contribution in [0.5, 0.6) is 0 Å². The second kappa shape index (κ2) is 6.85. The van der Waals surface area contributed by atoms with Gasteiger partial charge in [0.05, 0.1) is 0 Å². The minimum atomic E-state index is 0.859. The van der Waals surface area contributed by atoms with Crippen molar-refractivity contribution in [2.45, 2.75) is 18.9 Å². The molecule has 2 aliphatic heterocycles. The van der Waals surface area contributed by atoms with Crippen LogP contribution in [-0.2, 0) is 0 Å². The van der Waals surface area contributed by atoms with E-state index in [2.05, 4.69) is 40.7 Å². The summed E-state index contributed by atoms with van der Waals surface area (Å²) in [6.07, 6.45) is 2.74. The second-order valence-corrected chi connectivity index (χ2v) is 6.22. The monoisotopic (exact) mass is 254 g/mol. The van der Waals surface area contributed by atoms with Gasteiger partial charge in [0.25, 0.3) is 0 Å². The number of likely N-dealkylation sites (N-methyl/N-ethyl adjacent to an activating group) is 1. The van der Waals surface area contributed by atoms with Gasteiger partial charge in [-0.25, -0.2) is 0 Å². The highest BCUT2D eigenvalue weighted by Gasteiger charge is 2.26. The van der Waals surface area contributed by atoms with E-state index in [1.807, 2.05) is 0 Å². The van der Waals surface area contributed by atoms with Crippen molar-refractivity contribution in [1.82, 2.24) is 19.6 Å². The highest BCUT2D eigenvalue weighted by Crippen LogP contribution is 2.17. The van der Waals surface area contributed by atoms with Crippen LogP contribution in [0.2, 0.25) is 0 Å². The minimum absolute atomic E-state index is 0.859. The van der Waals surface area contributed by atoms with Gasteiger partial charge in [-0.15, -0.1) is 0 Å². The molecule has 0 unspecified atom stereocenters. The molecular formula is C14H30N4. The Labute approximate surface area is 113 Å². The lowest BCUT2D eigenvalue weighted by Gasteiger charge is -2.42. The third-order valence-electron chi connectivity index (χ3n) is 4.47. The summed E-state index contributed by atoms with van der Waals surface area (Å²) in [6.45, 7) is 10.1. The van der Waals surface area contributed by atoms with Crippen LogP contribution in [0.25, 0.3) is 0 Å². The summed E-state index contributed by atoms with van der Waals surface area (Å²) < 4.78 is 0. The Bertz CT molecular complexity index is 228. The molecule has 2 heterocycles. The van der Waals surface area contributed by atoms with Gasteiger partial charge in [0.2, 0.25) is 0 Å². The Morgan fingerprint density at radius 3 is 2.11 bits per heavy atom. The Morgan fingerprint density at radius 1 is 0.944 bits per heavy atom. The summed E-state index contributed by atoms with van der Waals surface area (Å²) in [4.78, 5) is 10.1. The van der Waals surface area contributed by atoms with E-state index in [4.69, 9.17) is 0 Å². The molecule has 0 radical (unpaired) electrons. The molecule has 2 aliphatic rings. The lowest BCUT2D eigenvalue weighted by atomic mass is 10.0. The predicted octanol–water partition coefficient (Wildman–Crippen LogP) is 0.260. The smallest absolute Gasteiger partial charge is 0.0121 e. The molecule has 0 aromatic heterocycles. The van der Waals surface area contributed by atoms with Gasteiger partial charge in [-0.2, -0.15) is 0 Å². The number of rotatable bonds is 4. The number of hydrogen-bond donors (Lipinski definition) is 0. The number of piperazine rings is 1. The maximum absolute atomic E-state index is 2.74. The van der Waals surface area contributed by atoms with Gasteiger partial charge in [-0.1, -0.05) is 0 Å². The molecule has 0 N–H and O–H groups in total. The van der Waals surface area contributed by atoms with Crippen molar-refractivity contribution < 1.29 is 0 Å². The van der Waals surface area contributed by atoms with Crippen LogP contribution in [0.4, 0.5) is 0 Å². The molecule has 2 rings (SSSR count). The normalized spacial score (nSPS) is 26.0. The lowest BCUT2D eigenvalue weighted by Crippen LogP contribution is -2.53. The Balaban J connectivity index is 1.67. The van der Waals surface area contributed by atoms with Gasteiger partial charge >= 0.3 is 0 Å². The number of piperidine rings is 1. The highest BCUT2D eigenvalue weighted by molar-refractivity contribution is 4.82. The van der Waals surface area contributed by atoms with E-state index < -0.39 is 0 Å². The van der Waals surface area contributed by atoms with Gasteiger partial charge in [0.15, 0.2) is 0 Å². The van der Waals surface area contributed by atoms with Crippen molar-refractivity contribution in [3.63, 3.8) is 0 Å². The Morgan fingerprint density at radius 2 is 1.56 bits per heavy atom. The molecule has 0 saturated carbocycles. The standard InChI is InChI=1S/C14H30N4/c1-15(2)8-9-17-10-12-18(13-11-17)14-4-6-16(3)7-5-14/h14H,4-13H2,1-3H3. The zero-order valence-corrected chi connectivity index (χ0v) is 12.4. The summed E-state index contributed by atoms with van der Waals surface area (Å²) in [5, 5.41) is 0. The molecule has 0 aromatic rings. The summed E-state index contributed by atoms with van der Waals surface area (Å²) in [5.74, 6) is 0. The summed E-state index contributed by atoms with van der Waals surface area (Å²) in [5.41, 5.74) is 0. The fraction of sp³-hybridized carbons (Fsp3) is 1.00. The first-order chi connectivity index (χ1) is 8.65. The fourth-order valence-electron chi connectivity index (χ4n) is 3.05. The molecule has 4 heteroatoms. The highest BCUT2D eigenvalue weighted by atomic mass is 15.3. The molecule has 0 aromatic carbocycles. The van der Waals surface area contributed by atoms with Crippen molar-refractivity contribution in [1.29, 1.82) is 0 Å². The molecule has 0 bridgehead atoms. The van der Waals surface area contributed by atoms with E-state index in [1.54, 1.807) is 0 Å². The molecule has 2 saturated heterocycles. The van der Waals surface area contributed by atoms with Crippen molar-refractivity contribution in [2.24, 2.45) is 0 Å². The van der Waals surface area contributed by atoms with Crippen LogP contribution in [0.15, 0.2) is 0 Å². The zero-order chi connectivity index (χ0) is 13.0. The van der Waals surface area contributed by atoms with Crippen LogP contribution in [0.3, 0.4) is 0 Å². The molecular weight excluding hydrogens is 224 g/mol. The van der Waals surface area contributed by atoms with E-state index in [0.29, 0.717) is 0 Å². The predicted molar refractivity (Wildman–Crippen MR) is 77.1 cm³/mol. The molecule has 106 valence electrons. The quantitative estimate of drug-likeness (QED) is 0.713. The van der Waals surface area contributed by atoms with Crippen LogP contribution in [-0.4, -0.2) is 99.1 Å². The van der Waals surface area contributed by atoms with Crippen molar-refractivity contribution in [2.75, 3.05) is 73.5 Å². The van der Waals surface area contributed by atoms with E-state index in [9.17, 15) is 0 Å².